The van der Waals surface area contributed by atoms with E-state index in [1.54, 1.807) is 18.7 Å². The van der Waals surface area contributed by atoms with Crippen LogP contribution in [-0.2, 0) is 4.79 Å². The van der Waals surface area contributed by atoms with Crippen LogP contribution in [0.1, 0.15) is 17.9 Å². The van der Waals surface area contributed by atoms with Gasteiger partial charge in [0.2, 0.25) is 5.91 Å². The number of likely N-dealkylation sites (N-methyl/N-ethyl adjacent to an activating group) is 1. The van der Waals surface area contributed by atoms with E-state index in [9.17, 15) is 4.79 Å². The molecule has 0 aliphatic carbocycles. The van der Waals surface area contributed by atoms with E-state index < -0.39 is 0 Å². The molecule has 0 saturated heterocycles. The third-order valence-corrected chi connectivity index (χ3v) is 5.22. The zero-order valence-corrected chi connectivity index (χ0v) is 15.0. The van der Waals surface area contributed by atoms with Crippen LogP contribution in [0, 0.1) is 0 Å². The van der Waals surface area contributed by atoms with E-state index in [1.165, 1.54) is 0 Å². The van der Waals surface area contributed by atoms with Gasteiger partial charge in [0.15, 0.2) is 0 Å². The van der Waals surface area contributed by atoms with Crippen molar-refractivity contribution in [3.8, 4) is 5.75 Å². The van der Waals surface area contributed by atoms with Crippen molar-refractivity contribution in [3.63, 3.8) is 0 Å². The highest BCUT2D eigenvalue weighted by Crippen LogP contribution is 2.51. The van der Waals surface area contributed by atoms with E-state index in [0.29, 0.717) is 6.61 Å². The fourth-order valence-corrected chi connectivity index (χ4v) is 4.03. The monoisotopic (exact) mass is 342 g/mol. The number of amides is 1. The molecule has 1 unspecified atom stereocenters. The number of nitrogens with zero attached hydrogens (tertiary/aromatic N) is 2. The summed E-state index contributed by atoms with van der Waals surface area (Å²) in [4.78, 5) is 17.2. The standard InChI is InChI=1S/C19H22N2O2S/c1-14(22)21-17-6-4-5-7-18(17)24-19(21)15-8-10-16(11-9-15)23-13-12-20(2)3/h4-11,19H,12-13H2,1-3H3. The van der Waals surface area contributed by atoms with Gasteiger partial charge in [-0.1, -0.05) is 36.0 Å². The van der Waals surface area contributed by atoms with E-state index in [2.05, 4.69) is 11.0 Å². The third-order valence-electron chi connectivity index (χ3n) is 3.91. The maximum absolute atomic E-state index is 12.1. The molecule has 1 atom stereocenters. The van der Waals surface area contributed by atoms with Gasteiger partial charge >= 0.3 is 0 Å². The minimum Gasteiger partial charge on any atom is -0.492 e. The summed E-state index contributed by atoms with van der Waals surface area (Å²) in [5.41, 5.74) is 2.10. The van der Waals surface area contributed by atoms with Gasteiger partial charge < -0.3 is 9.64 Å². The maximum Gasteiger partial charge on any atom is 0.225 e. The predicted molar refractivity (Wildman–Crippen MR) is 98.7 cm³/mol. The maximum atomic E-state index is 12.1. The van der Waals surface area contributed by atoms with Crippen molar-refractivity contribution in [2.45, 2.75) is 17.2 Å². The fourth-order valence-electron chi connectivity index (χ4n) is 2.68. The Hall–Kier alpha value is -1.98. The number of hydrogen-bond acceptors (Lipinski definition) is 4. The molecule has 0 N–H and O–H groups in total. The highest BCUT2D eigenvalue weighted by Gasteiger charge is 2.33. The van der Waals surface area contributed by atoms with Crippen LogP contribution in [0.25, 0.3) is 0 Å². The first kappa shape index (κ1) is 16.9. The van der Waals surface area contributed by atoms with E-state index >= 15 is 0 Å². The summed E-state index contributed by atoms with van der Waals surface area (Å²) in [6.07, 6.45) is 0. The van der Waals surface area contributed by atoms with Gasteiger partial charge in [0.1, 0.15) is 17.7 Å². The lowest BCUT2D eigenvalue weighted by Gasteiger charge is -2.23. The summed E-state index contributed by atoms with van der Waals surface area (Å²) in [7, 11) is 4.05. The van der Waals surface area contributed by atoms with Crippen molar-refractivity contribution in [2.75, 3.05) is 32.1 Å². The number of ether oxygens (including phenoxy) is 1. The number of benzene rings is 2. The summed E-state index contributed by atoms with van der Waals surface area (Å²) in [6.45, 7) is 3.16. The first-order valence-corrected chi connectivity index (χ1v) is 8.87. The number of thioether (sulfide) groups is 1. The average Bonchev–Trinajstić information content (AvgIpc) is 2.94. The topological polar surface area (TPSA) is 32.8 Å². The SMILES string of the molecule is CC(=O)N1c2ccccc2SC1c1ccc(OCCN(C)C)cc1. The molecule has 3 rings (SSSR count). The Morgan fingerprint density at radius 2 is 1.88 bits per heavy atom. The Balaban J connectivity index is 1.76. The molecule has 1 aliphatic heterocycles. The van der Waals surface area contributed by atoms with Crippen molar-refractivity contribution < 1.29 is 9.53 Å². The van der Waals surface area contributed by atoms with Crippen LogP contribution in [0.5, 0.6) is 5.75 Å². The van der Waals surface area contributed by atoms with Crippen LogP contribution < -0.4 is 9.64 Å². The Bertz CT molecular complexity index is 716. The van der Waals surface area contributed by atoms with Crippen LogP contribution >= 0.6 is 11.8 Å². The minimum absolute atomic E-state index is 0.0178. The van der Waals surface area contributed by atoms with Gasteiger partial charge in [-0.05, 0) is 43.9 Å². The molecule has 0 spiro atoms. The average molecular weight is 342 g/mol. The highest BCUT2D eigenvalue weighted by atomic mass is 32.2. The number of anilines is 1. The number of fused-ring (bicyclic) bond motifs is 1. The Morgan fingerprint density at radius 1 is 1.17 bits per heavy atom. The molecule has 5 heteroatoms. The summed E-state index contributed by atoms with van der Waals surface area (Å²) in [5, 5.41) is -0.0178. The number of para-hydroxylation sites is 1. The van der Waals surface area contributed by atoms with Crippen LogP contribution in [0.4, 0.5) is 5.69 Å². The second-order valence-electron chi connectivity index (χ2n) is 6.05. The van der Waals surface area contributed by atoms with Crippen molar-refractivity contribution in [1.29, 1.82) is 0 Å². The molecule has 24 heavy (non-hydrogen) atoms. The molecular formula is C19H22N2O2S. The number of carbonyl (C=O) groups is 1. The number of carbonyl (C=O) groups excluding carboxylic acids is 1. The second-order valence-corrected chi connectivity index (χ2v) is 7.17. The van der Waals surface area contributed by atoms with Gasteiger partial charge in [-0.3, -0.25) is 9.69 Å². The first-order chi connectivity index (χ1) is 11.6. The molecule has 1 aliphatic rings. The molecule has 0 radical (unpaired) electrons. The quantitative estimate of drug-likeness (QED) is 0.828. The van der Waals surface area contributed by atoms with Crippen molar-refractivity contribution >= 4 is 23.4 Å². The second kappa shape index (κ2) is 7.28. The van der Waals surface area contributed by atoms with Crippen LogP contribution in [0.15, 0.2) is 53.4 Å². The molecule has 0 fully saturated rings. The Labute approximate surface area is 147 Å². The molecule has 1 heterocycles. The molecule has 2 aromatic carbocycles. The van der Waals surface area contributed by atoms with Crippen molar-refractivity contribution in [1.82, 2.24) is 4.90 Å². The molecule has 126 valence electrons. The molecule has 0 bridgehead atoms. The van der Waals surface area contributed by atoms with Crippen LogP contribution in [0.3, 0.4) is 0 Å². The molecular weight excluding hydrogens is 320 g/mol. The summed E-state index contributed by atoms with van der Waals surface area (Å²) in [6, 6.07) is 16.1. The normalized spacial score (nSPS) is 16.3. The zero-order chi connectivity index (χ0) is 17.1. The number of hydrogen-bond donors (Lipinski definition) is 0. The molecule has 0 saturated carbocycles. The van der Waals surface area contributed by atoms with Gasteiger partial charge in [-0.2, -0.15) is 0 Å². The lowest BCUT2D eigenvalue weighted by atomic mass is 10.2. The first-order valence-electron chi connectivity index (χ1n) is 7.99. The van der Waals surface area contributed by atoms with E-state index in [1.807, 2.05) is 61.5 Å². The molecule has 2 aromatic rings. The van der Waals surface area contributed by atoms with E-state index in [-0.39, 0.29) is 11.3 Å². The predicted octanol–water partition coefficient (Wildman–Crippen LogP) is 3.78. The summed E-state index contributed by atoms with van der Waals surface area (Å²) < 4.78 is 5.74. The third kappa shape index (κ3) is 3.57. The van der Waals surface area contributed by atoms with Gasteiger partial charge in [0.25, 0.3) is 0 Å². The Morgan fingerprint density at radius 3 is 2.54 bits per heavy atom. The lowest BCUT2D eigenvalue weighted by Crippen LogP contribution is -2.28. The van der Waals surface area contributed by atoms with Gasteiger partial charge in [-0.25, -0.2) is 0 Å². The number of rotatable bonds is 5. The van der Waals surface area contributed by atoms with Gasteiger partial charge in [0, 0.05) is 18.4 Å². The zero-order valence-electron chi connectivity index (χ0n) is 14.2. The van der Waals surface area contributed by atoms with Crippen LogP contribution in [0.2, 0.25) is 0 Å². The Kier molecular flexibility index (Phi) is 5.11. The van der Waals surface area contributed by atoms with Crippen molar-refractivity contribution in [3.05, 3.63) is 54.1 Å². The summed E-state index contributed by atoms with van der Waals surface area (Å²) in [5.74, 6) is 0.916. The summed E-state index contributed by atoms with van der Waals surface area (Å²) >= 11 is 1.71. The molecule has 1 amide bonds. The molecule has 0 aromatic heterocycles. The minimum atomic E-state index is -0.0178. The van der Waals surface area contributed by atoms with Crippen molar-refractivity contribution in [2.24, 2.45) is 0 Å². The van der Waals surface area contributed by atoms with E-state index in [4.69, 9.17) is 4.74 Å². The van der Waals surface area contributed by atoms with Crippen LogP contribution in [-0.4, -0.2) is 38.1 Å². The van der Waals surface area contributed by atoms with Gasteiger partial charge in [-0.15, -0.1) is 0 Å². The molecule has 4 nitrogen and oxygen atoms in total. The fraction of sp³-hybridized carbons (Fsp3) is 0.316. The highest BCUT2D eigenvalue weighted by molar-refractivity contribution is 8.00. The smallest absolute Gasteiger partial charge is 0.225 e. The van der Waals surface area contributed by atoms with Gasteiger partial charge in [0.05, 0.1) is 5.69 Å². The largest absolute Gasteiger partial charge is 0.492 e. The van der Waals surface area contributed by atoms with E-state index in [0.717, 1.165) is 28.4 Å². The lowest BCUT2D eigenvalue weighted by molar-refractivity contribution is -0.116.